The monoisotopic (exact) mass is 402 g/mol. The first-order valence-electron chi connectivity index (χ1n) is 11.4. The van der Waals surface area contributed by atoms with Crippen molar-refractivity contribution in [2.24, 2.45) is 11.8 Å². The van der Waals surface area contributed by atoms with Crippen molar-refractivity contribution in [2.45, 2.75) is 57.9 Å². The lowest BCUT2D eigenvalue weighted by Gasteiger charge is -2.32. The zero-order chi connectivity index (χ0) is 20.5. The van der Waals surface area contributed by atoms with Crippen LogP contribution in [0, 0.1) is 17.7 Å². The van der Waals surface area contributed by atoms with E-state index in [0.29, 0.717) is 18.4 Å². The number of carbonyl (C=O) groups is 1. The summed E-state index contributed by atoms with van der Waals surface area (Å²) in [6.45, 7) is 5.87. The average Bonchev–Trinajstić information content (AvgIpc) is 2.75. The number of urea groups is 1. The maximum atomic E-state index is 13.1. The Hall–Kier alpha value is -1.88. The van der Waals surface area contributed by atoms with Gasteiger partial charge in [0.05, 0.1) is 13.1 Å². The highest BCUT2D eigenvalue weighted by molar-refractivity contribution is 5.75. The van der Waals surface area contributed by atoms with E-state index in [1.165, 1.54) is 57.1 Å². The number of rotatable bonds is 7. The number of carbonyl (C=O) groups excluding carboxylic acids is 1. The third kappa shape index (κ3) is 7.14. The summed E-state index contributed by atoms with van der Waals surface area (Å²) < 4.78 is 13.1. The molecule has 1 aliphatic heterocycles. The second-order valence-electron chi connectivity index (χ2n) is 8.80. The van der Waals surface area contributed by atoms with Crippen molar-refractivity contribution in [3.05, 3.63) is 41.7 Å². The number of nitrogens with one attached hydrogen (secondary N) is 1. The molecule has 0 spiro atoms. The number of hydrogen-bond donors (Lipinski definition) is 2. The van der Waals surface area contributed by atoms with E-state index in [1.807, 2.05) is 17.1 Å². The van der Waals surface area contributed by atoms with Gasteiger partial charge < -0.3 is 15.5 Å². The molecule has 4 nitrogen and oxygen atoms in total. The summed E-state index contributed by atoms with van der Waals surface area (Å²) in [5.74, 6) is 0.956. The van der Waals surface area contributed by atoms with Crippen LogP contribution in [0.4, 0.5) is 9.18 Å². The number of nitrogens with two attached hydrogens (primary N) is 1. The molecular formula is C24H37FN3O+. The Morgan fingerprint density at radius 3 is 2.55 bits per heavy atom. The fraction of sp³-hybridized carbons (Fsp3) is 0.625. The fourth-order valence-electron chi connectivity index (χ4n) is 4.66. The molecule has 3 rings (SSSR count). The molecule has 1 aromatic carbocycles. The molecule has 2 amide bonds. The second kappa shape index (κ2) is 11.3. The zero-order valence-corrected chi connectivity index (χ0v) is 17.8. The minimum Gasteiger partial charge on any atom is -0.346 e. The van der Waals surface area contributed by atoms with Gasteiger partial charge in [-0.05, 0) is 49.3 Å². The Labute approximate surface area is 174 Å². The lowest BCUT2D eigenvalue weighted by Crippen LogP contribution is -2.86. The highest BCUT2D eigenvalue weighted by Gasteiger charge is 2.25. The molecule has 1 aromatic rings. The van der Waals surface area contributed by atoms with Crippen molar-refractivity contribution in [2.75, 3.05) is 26.2 Å². The Morgan fingerprint density at radius 1 is 1.17 bits per heavy atom. The van der Waals surface area contributed by atoms with Gasteiger partial charge in [-0.2, -0.15) is 0 Å². The summed E-state index contributed by atoms with van der Waals surface area (Å²) in [5.41, 5.74) is 0.953. The van der Waals surface area contributed by atoms with Crippen LogP contribution in [0.15, 0.2) is 30.3 Å². The molecule has 5 heteroatoms. The zero-order valence-electron chi connectivity index (χ0n) is 17.8. The lowest BCUT2D eigenvalue weighted by molar-refractivity contribution is -0.664. The van der Waals surface area contributed by atoms with Gasteiger partial charge in [0.15, 0.2) is 0 Å². The first kappa shape index (κ1) is 21.8. The van der Waals surface area contributed by atoms with Crippen LogP contribution < -0.4 is 10.6 Å². The van der Waals surface area contributed by atoms with Crippen molar-refractivity contribution < 1.29 is 14.5 Å². The molecule has 1 heterocycles. The van der Waals surface area contributed by atoms with E-state index in [1.54, 1.807) is 12.1 Å². The van der Waals surface area contributed by atoms with Crippen LogP contribution in [-0.2, 0) is 0 Å². The molecule has 0 radical (unpaired) electrons. The minimum atomic E-state index is -0.228. The van der Waals surface area contributed by atoms with Gasteiger partial charge in [0.2, 0.25) is 0 Å². The Kier molecular flexibility index (Phi) is 8.53. The predicted molar refractivity (Wildman–Crippen MR) is 116 cm³/mol. The van der Waals surface area contributed by atoms with Crippen molar-refractivity contribution in [3.63, 3.8) is 0 Å². The number of amides is 2. The van der Waals surface area contributed by atoms with Gasteiger partial charge in [0.25, 0.3) is 0 Å². The molecule has 160 valence electrons. The van der Waals surface area contributed by atoms with E-state index in [-0.39, 0.29) is 17.9 Å². The van der Waals surface area contributed by atoms with E-state index in [9.17, 15) is 9.18 Å². The minimum absolute atomic E-state index is 0.0568. The molecule has 1 atom stereocenters. The highest BCUT2D eigenvalue weighted by Crippen LogP contribution is 2.26. The van der Waals surface area contributed by atoms with Gasteiger partial charge in [0.1, 0.15) is 5.82 Å². The SMILES string of the molecule is CC(NC(=O)N(C/C=C/c1ccc(F)cc1)CC1CC[NH2+]CC1)C1CCCCC1. The van der Waals surface area contributed by atoms with Crippen LogP contribution in [-0.4, -0.2) is 43.2 Å². The quantitative estimate of drug-likeness (QED) is 0.716. The molecule has 3 N–H and O–H groups in total. The van der Waals surface area contributed by atoms with E-state index in [2.05, 4.69) is 17.6 Å². The molecule has 1 unspecified atom stereocenters. The maximum Gasteiger partial charge on any atom is 0.317 e. The van der Waals surface area contributed by atoms with E-state index < -0.39 is 0 Å². The molecule has 1 saturated carbocycles. The van der Waals surface area contributed by atoms with Crippen molar-refractivity contribution >= 4 is 12.1 Å². The lowest BCUT2D eigenvalue weighted by atomic mass is 9.84. The number of benzene rings is 1. The summed E-state index contributed by atoms with van der Waals surface area (Å²) in [7, 11) is 0. The van der Waals surface area contributed by atoms with Crippen LogP contribution in [0.3, 0.4) is 0 Å². The van der Waals surface area contributed by atoms with Crippen molar-refractivity contribution in [1.29, 1.82) is 0 Å². The standard InChI is InChI=1S/C24H36FN3O/c1-19(22-7-3-2-4-8-22)27-24(29)28(18-21-13-15-26-16-14-21)17-5-6-20-9-11-23(25)12-10-20/h5-6,9-12,19,21-22,26H,2-4,7-8,13-18H2,1H3,(H,27,29)/p+1/b6-5+. The summed E-state index contributed by atoms with van der Waals surface area (Å²) in [4.78, 5) is 15.0. The molecule has 29 heavy (non-hydrogen) atoms. The van der Waals surface area contributed by atoms with Gasteiger partial charge in [-0.3, -0.25) is 0 Å². The van der Waals surface area contributed by atoms with E-state index in [4.69, 9.17) is 0 Å². The summed E-state index contributed by atoms with van der Waals surface area (Å²) >= 11 is 0. The van der Waals surface area contributed by atoms with Gasteiger partial charge >= 0.3 is 6.03 Å². The second-order valence-corrected chi connectivity index (χ2v) is 8.80. The third-order valence-electron chi connectivity index (χ3n) is 6.54. The third-order valence-corrected chi connectivity index (χ3v) is 6.54. The number of quaternary nitrogens is 1. The Bertz CT molecular complexity index is 649. The number of piperidine rings is 1. The average molecular weight is 403 g/mol. The van der Waals surface area contributed by atoms with Crippen molar-refractivity contribution in [1.82, 2.24) is 10.2 Å². The Morgan fingerprint density at radius 2 is 1.86 bits per heavy atom. The molecular weight excluding hydrogens is 365 g/mol. The first-order chi connectivity index (χ1) is 14.1. The fourth-order valence-corrected chi connectivity index (χ4v) is 4.66. The molecule has 0 aromatic heterocycles. The van der Waals surface area contributed by atoms with Crippen molar-refractivity contribution in [3.8, 4) is 0 Å². The smallest absolute Gasteiger partial charge is 0.317 e. The van der Waals surface area contributed by atoms with Crippen LogP contribution in [0.2, 0.25) is 0 Å². The maximum absolute atomic E-state index is 13.1. The van der Waals surface area contributed by atoms with E-state index >= 15 is 0 Å². The molecule has 1 saturated heterocycles. The highest BCUT2D eigenvalue weighted by atomic mass is 19.1. The van der Waals surface area contributed by atoms with E-state index in [0.717, 1.165) is 25.2 Å². The molecule has 0 bridgehead atoms. The largest absolute Gasteiger partial charge is 0.346 e. The van der Waals surface area contributed by atoms with Crippen LogP contribution in [0.5, 0.6) is 0 Å². The number of halogens is 1. The molecule has 2 fully saturated rings. The summed E-state index contributed by atoms with van der Waals surface area (Å²) in [6.07, 6.45) is 12.7. The Balaban J connectivity index is 1.59. The van der Waals surface area contributed by atoms with Crippen LogP contribution >= 0.6 is 0 Å². The van der Waals surface area contributed by atoms with Crippen LogP contribution in [0.25, 0.3) is 6.08 Å². The van der Waals surface area contributed by atoms with Gasteiger partial charge in [-0.25, -0.2) is 9.18 Å². The normalized spacial score (nSPS) is 19.9. The number of hydrogen-bond acceptors (Lipinski definition) is 1. The number of nitrogens with zero attached hydrogens (tertiary/aromatic N) is 1. The summed E-state index contributed by atoms with van der Waals surface area (Å²) in [6, 6.07) is 6.74. The topological polar surface area (TPSA) is 49.0 Å². The first-order valence-corrected chi connectivity index (χ1v) is 11.4. The summed E-state index contributed by atoms with van der Waals surface area (Å²) in [5, 5.41) is 5.65. The van der Waals surface area contributed by atoms with Gasteiger partial charge in [0, 0.05) is 32.0 Å². The van der Waals surface area contributed by atoms with Gasteiger partial charge in [-0.15, -0.1) is 0 Å². The van der Waals surface area contributed by atoms with Gasteiger partial charge in [-0.1, -0.05) is 43.5 Å². The molecule has 1 aliphatic carbocycles. The van der Waals surface area contributed by atoms with Crippen LogP contribution in [0.1, 0.15) is 57.4 Å². The molecule has 2 aliphatic rings. The predicted octanol–water partition coefficient (Wildman–Crippen LogP) is 3.79.